The topological polar surface area (TPSA) is 112 Å². The fraction of sp³-hybridized carbons (Fsp3) is 0.378. The highest BCUT2D eigenvalue weighted by molar-refractivity contribution is 9.10. The number of hydrazone groups is 1. The van der Waals surface area contributed by atoms with Crippen LogP contribution in [0.25, 0.3) is 0 Å². The molecule has 296 valence electrons. The molecule has 10 nitrogen and oxygen atoms in total. The average Bonchev–Trinajstić information content (AvgIpc) is 3.89. The first-order chi connectivity index (χ1) is 27.5. The molecule has 57 heavy (non-hydrogen) atoms. The Balaban J connectivity index is 1.16. The number of ether oxygens (including phenoxy) is 2. The number of carbonyl (C=O) groups is 3. The summed E-state index contributed by atoms with van der Waals surface area (Å²) >= 11 is 3.70. The predicted molar refractivity (Wildman–Crippen MR) is 227 cm³/mol. The Bertz CT molecular complexity index is 2220. The van der Waals surface area contributed by atoms with Crippen molar-refractivity contribution in [2.24, 2.45) is 11.0 Å². The van der Waals surface area contributed by atoms with Gasteiger partial charge in [-0.1, -0.05) is 95.7 Å². The first kappa shape index (κ1) is 39.2. The van der Waals surface area contributed by atoms with Crippen LogP contribution in [0.5, 0.6) is 5.75 Å². The fourth-order valence-electron chi connectivity index (χ4n) is 9.85. The van der Waals surface area contributed by atoms with E-state index in [2.05, 4.69) is 48.1 Å². The Labute approximate surface area is 343 Å². The average molecular weight is 850 g/mol. The smallest absolute Gasteiger partial charge is 0.264 e. The summed E-state index contributed by atoms with van der Waals surface area (Å²) in [5.41, 5.74) is 3.39. The lowest BCUT2D eigenvalue weighted by molar-refractivity contribution is -0.150. The second kappa shape index (κ2) is 15.6. The quantitative estimate of drug-likeness (QED) is 0.170. The van der Waals surface area contributed by atoms with E-state index >= 15 is 4.79 Å². The van der Waals surface area contributed by atoms with Crippen molar-refractivity contribution in [1.82, 2.24) is 4.90 Å². The molecule has 0 radical (unpaired) electrons. The maximum Gasteiger partial charge on any atom is 0.264 e. The number of nitrogens with zero attached hydrogens (tertiary/aromatic N) is 4. The molecule has 2 fully saturated rings. The molecule has 1 N–H and O–H groups in total. The number of aliphatic hydroxyl groups is 1. The van der Waals surface area contributed by atoms with Gasteiger partial charge in [-0.05, 0) is 72.0 Å². The minimum Gasteiger partial charge on any atom is -0.497 e. The molecule has 4 heterocycles. The molecule has 1 spiro atoms. The summed E-state index contributed by atoms with van der Waals surface area (Å²) in [6.07, 6.45) is 2.11. The van der Waals surface area contributed by atoms with Crippen molar-refractivity contribution < 1.29 is 29.0 Å². The lowest BCUT2D eigenvalue weighted by Crippen LogP contribution is -2.52. The van der Waals surface area contributed by atoms with Crippen LogP contribution in [0.3, 0.4) is 0 Å². The van der Waals surface area contributed by atoms with E-state index in [1.54, 1.807) is 16.9 Å². The third-order valence-corrected chi connectivity index (χ3v) is 17.6. The molecule has 0 aliphatic carbocycles. The molecule has 0 bridgehead atoms. The summed E-state index contributed by atoms with van der Waals surface area (Å²) < 4.78 is 13.6. The minimum atomic E-state index is -2.49. The van der Waals surface area contributed by atoms with Gasteiger partial charge in [0.1, 0.15) is 5.75 Å². The number of halogens is 1. The van der Waals surface area contributed by atoms with Crippen LogP contribution >= 0.6 is 15.9 Å². The van der Waals surface area contributed by atoms with Crippen molar-refractivity contribution in [2.45, 2.75) is 82.0 Å². The number of methoxy groups -OCH3 is 1. The van der Waals surface area contributed by atoms with Crippen molar-refractivity contribution in [3.05, 3.63) is 118 Å². The molecule has 12 heteroatoms. The molecular formula is C45H49BrN4O6Si. The van der Waals surface area contributed by atoms with Crippen molar-refractivity contribution in [2.75, 3.05) is 30.2 Å². The van der Waals surface area contributed by atoms with Crippen LogP contribution in [-0.4, -0.2) is 73.9 Å². The van der Waals surface area contributed by atoms with Crippen molar-refractivity contribution >= 4 is 64.0 Å². The molecule has 0 unspecified atom stereocenters. The van der Waals surface area contributed by atoms with Gasteiger partial charge in [0.25, 0.3) is 5.91 Å². The second-order valence-electron chi connectivity index (χ2n) is 16.3. The van der Waals surface area contributed by atoms with E-state index < -0.39 is 19.8 Å². The van der Waals surface area contributed by atoms with E-state index in [1.165, 1.54) is 10.2 Å². The Morgan fingerprint density at radius 1 is 1.00 bits per heavy atom. The monoisotopic (exact) mass is 848 g/mol. The van der Waals surface area contributed by atoms with Crippen molar-refractivity contribution in [1.29, 1.82) is 0 Å². The number of rotatable bonds is 10. The Kier molecular flexibility index (Phi) is 10.7. The second-order valence-corrected chi connectivity index (χ2v) is 21.9. The van der Waals surface area contributed by atoms with E-state index in [-0.39, 0.29) is 54.8 Å². The van der Waals surface area contributed by atoms with Crippen LogP contribution in [-0.2, 0) is 31.3 Å². The molecule has 5 atom stereocenters. The lowest BCUT2D eigenvalue weighted by Gasteiger charge is -2.37. The van der Waals surface area contributed by atoms with Crippen LogP contribution in [0, 0.1) is 5.92 Å². The van der Waals surface area contributed by atoms with Gasteiger partial charge in [-0.25, -0.2) is 5.01 Å². The molecule has 0 aromatic heterocycles. The molecule has 8 rings (SSSR count). The summed E-state index contributed by atoms with van der Waals surface area (Å²) in [7, 11) is -0.838. The van der Waals surface area contributed by atoms with Crippen LogP contribution < -0.4 is 19.8 Å². The number of anilines is 2. The van der Waals surface area contributed by atoms with Gasteiger partial charge in [0.05, 0.1) is 64.0 Å². The molecule has 4 aromatic rings. The minimum absolute atomic E-state index is 0.0516. The lowest BCUT2D eigenvalue weighted by atomic mass is 9.82. The molecule has 3 amide bonds. The third-order valence-electron chi connectivity index (χ3n) is 12.7. The van der Waals surface area contributed by atoms with Gasteiger partial charge >= 0.3 is 0 Å². The summed E-state index contributed by atoms with van der Waals surface area (Å²) in [6.45, 7) is 7.51. The van der Waals surface area contributed by atoms with Crippen LogP contribution in [0.4, 0.5) is 11.4 Å². The van der Waals surface area contributed by atoms with Gasteiger partial charge in [-0.2, -0.15) is 5.10 Å². The Morgan fingerprint density at radius 3 is 2.51 bits per heavy atom. The molecule has 2 saturated heterocycles. The number of fused-ring (bicyclic) bond motifs is 2. The van der Waals surface area contributed by atoms with E-state index in [9.17, 15) is 14.7 Å². The number of aliphatic hydroxyl groups excluding tert-OH is 1. The summed E-state index contributed by atoms with van der Waals surface area (Å²) in [5.74, 6) is 0.176. The highest BCUT2D eigenvalue weighted by Gasteiger charge is 2.66. The zero-order chi connectivity index (χ0) is 40.1. The largest absolute Gasteiger partial charge is 0.497 e. The van der Waals surface area contributed by atoms with Crippen LogP contribution in [0.2, 0.25) is 18.6 Å². The number of hydrogen-bond donors (Lipinski definition) is 1. The van der Waals surface area contributed by atoms with Gasteiger partial charge in [-0.15, -0.1) is 0 Å². The number of carbonyl (C=O) groups excluding carboxylic acids is 3. The van der Waals surface area contributed by atoms with Crippen molar-refractivity contribution in [3.8, 4) is 5.75 Å². The van der Waals surface area contributed by atoms with E-state index in [4.69, 9.17) is 14.6 Å². The number of hydrogen-bond acceptors (Lipinski definition) is 7. The summed E-state index contributed by atoms with van der Waals surface area (Å²) in [5, 5.41) is 17.6. The Morgan fingerprint density at radius 2 is 1.77 bits per heavy atom. The maximum absolute atomic E-state index is 15.4. The maximum atomic E-state index is 15.4. The standard InChI is InChI=1S/C45H49BrN4O6Si/c1-29-43(57(3,4)36-18-16-35(55-2)17-19-36)40(26-42(53)48-23-9-14-34(48)28-51)56-45(29)37-25-32(46)15-21-39(37)49(44(45)54)27-30-10-8-13-33(24-30)50-41(52)22-20-38(47-50)31-11-6-5-7-12-31/h5-8,10-13,15-19,21,24-25,29,34,40,43,51H,9,14,20,22-23,26-28H2,1-4H3/t29-,34-,40+,43-,45+/m0/s1. The molecule has 0 saturated carbocycles. The number of benzene rings is 4. The number of amides is 3. The summed E-state index contributed by atoms with van der Waals surface area (Å²) in [4.78, 5) is 46.4. The highest BCUT2D eigenvalue weighted by Crippen LogP contribution is 2.60. The molecule has 4 aliphatic heterocycles. The SMILES string of the molecule is COc1ccc([Si](C)(C)[C@@H]2[C@@H](CC(=O)N3CCC[C@H]3CO)O[C@]3(C(=O)N(Cc4cccc(N5N=C(c6ccccc6)CCC5=O)c4)c4ccc(Br)cc43)[C@H]2C)cc1. The van der Waals surface area contributed by atoms with E-state index in [1.807, 2.05) is 84.9 Å². The first-order valence-electron chi connectivity index (χ1n) is 19.9. The zero-order valence-electron chi connectivity index (χ0n) is 32.9. The van der Waals surface area contributed by atoms with Crippen LogP contribution in [0.15, 0.2) is 107 Å². The molecular weight excluding hydrogens is 801 g/mol. The highest BCUT2D eigenvalue weighted by atomic mass is 79.9. The first-order valence-corrected chi connectivity index (χ1v) is 23.7. The predicted octanol–water partition coefficient (Wildman–Crippen LogP) is 7.13. The number of likely N-dealkylation sites (tertiary alicyclic amines) is 1. The molecule has 4 aromatic carbocycles. The normalized spacial score (nSPS) is 24.7. The van der Waals surface area contributed by atoms with E-state index in [0.717, 1.165) is 51.2 Å². The Hall–Kier alpha value is -4.62. The van der Waals surface area contributed by atoms with Crippen LogP contribution in [0.1, 0.15) is 55.7 Å². The van der Waals surface area contributed by atoms with Gasteiger partial charge in [0, 0.05) is 35.3 Å². The van der Waals surface area contributed by atoms with Gasteiger partial charge in [-0.3, -0.25) is 14.4 Å². The van der Waals surface area contributed by atoms with Crippen molar-refractivity contribution in [3.63, 3.8) is 0 Å². The summed E-state index contributed by atoms with van der Waals surface area (Å²) in [6, 6.07) is 31.5. The van der Waals surface area contributed by atoms with Gasteiger partial charge in [0.2, 0.25) is 11.8 Å². The third kappa shape index (κ3) is 6.94. The fourth-order valence-corrected chi connectivity index (χ4v) is 14.2. The molecule has 4 aliphatic rings. The zero-order valence-corrected chi connectivity index (χ0v) is 35.4. The van der Waals surface area contributed by atoms with E-state index in [0.29, 0.717) is 25.1 Å². The van der Waals surface area contributed by atoms with Gasteiger partial charge < -0.3 is 24.4 Å². The van der Waals surface area contributed by atoms with Gasteiger partial charge in [0.15, 0.2) is 5.60 Å².